The van der Waals surface area contributed by atoms with Gasteiger partial charge in [-0.2, -0.15) is 0 Å². The van der Waals surface area contributed by atoms with Crippen LogP contribution in [0, 0.1) is 13.8 Å². The monoisotopic (exact) mass is 412 g/mol. The molecule has 0 saturated heterocycles. The van der Waals surface area contributed by atoms with Crippen molar-refractivity contribution >= 4 is 33.4 Å². The van der Waals surface area contributed by atoms with Crippen molar-refractivity contribution in [3.8, 4) is 11.1 Å². The average Bonchev–Trinajstić information content (AvgIpc) is 3.11. The molecule has 2 heterocycles. The molecule has 29 heavy (non-hydrogen) atoms. The molecule has 0 spiro atoms. The molecular formula is C21H24N4O3S. The summed E-state index contributed by atoms with van der Waals surface area (Å²) in [7, 11) is 0. The summed E-state index contributed by atoms with van der Waals surface area (Å²) in [6, 6.07) is 5.39. The summed E-state index contributed by atoms with van der Waals surface area (Å²) in [6.07, 6.45) is 1.38. The smallest absolute Gasteiger partial charge is 0.263 e. The molecule has 7 nitrogen and oxygen atoms in total. The van der Waals surface area contributed by atoms with E-state index in [-0.39, 0.29) is 18.0 Å². The van der Waals surface area contributed by atoms with Crippen molar-refractivity contribution in [2.24, 2.45) is 0 Å². The number of benzene rings is 1. The number of aromatic nitrogens is 2. The van der Waals surface area contributed by atoms with E-state index in [0.29, 0.717) is 16.8 Å². The summed E-state index contributed by atoms with van der Waals surface area (Å²) in [5.41, 5.74) is 3.82. The third kappa shape index (κ3) is 4.37. The van der Waals surface area contributed by atoms with Crippen LogP contribution in [0.1, 0.15) is 25.0 Å². The second kappa shape index (κ2) is 8.57. The molecular weight excluding hydrogens is 388 g/mol. The van der Waals surface area contributed by atoms with Crippen molar-refractivity contribution in [2.75, 3.05) is 6.54 Å². The highest BCUT2D eigenvalue weighted by molar-refractivity contribution is 7.17. The van der Waals surface area contributed by atoms with Crippen molar-refractivity contribution in [1.82, 2.24) is 20.2 Å². The molecule has 0 saturated carbocycles. The second-order valence-corrected chi connectivity index (χ2v) is 7.85. The van der Waals surface area contributed by atoms with Gasteiger partial charge in [0.15, 0.2) is 0 Å². The maximum absolute atomic E-state index is 13.1. The van der Waals surface area contributed by atoms with Gasteiger partial charge in [-0.25, -0.2) is 4.98 Å². The Kier molecular flexibility index (Phi) is 6.12. The molecule has 2 aromatic heterocycles. The third-order valence-electron chi connectivity index (χ3n) is 4.81. The molecule has 0 aliphatic carbocycles. The van der Waals surface area contributed by atoms with Crippen LogP contribution in [0.15, 0.2) is 34.7 Å². The van der Waals surface area contributed by atoms with E-state index in [1.807, 2.05) is 37.4 Å². The van der Waals surface area contributed by atoms with E-state index in [0.717, 1.165) is 16.7 Å². The first kappa shape index (κ1) is 20.7. The quantitative estimate of drug-likeness (QED) is 0.650. The van der Waals surface area contributed by atoms with Crippen molar-refractivity contribution < 1.29 is 9.59 Å². The molecule has 0 aliphatic heterocycles. The van der Waals surface area contributed by atoms with Gasteiger partial charge in [-0.15, -0.1) is 11.3 Å². The van der Waals surface area contributed by atoms with Crippen LogP contribution in [-0.4, -0.2) is 34.0 Å². The first-order valence-corrected chi connectivity index (χ1v) is 10.3. The summed E-state index contributed by atoms with van der Waals surface area (Å²) in [5, 5.41) is 7.68. The van der Waals surface area contributed by atoms with Gasteiger partial charge < -0.3 is 10.6 Å². The number of nitrogens with one attached hydrogen (secondary N) is 2. The predicted molar refractivity (Wildman–Crippen MR) is 115 cm³/mol. The SMILES string of the molecule is CCNC(=O)[C@@H](C)NC(=O)Cn1cnc2scc(-c3ccc(C)c(C)c3)c2c1=O. The fourth-order valence-corrected chi connectivity index (χ4v) is 3.94. The molecule has 152 valence electrons. The zero-order valence-corrected chi connectivity index (χ0v) is 17.7. The molecule has 3 aromatic rings. The number of carbonyl (C=O) groups is 2. The van der Waals surface area contributed by atoms with E-state index < -0.39 is 11.9 Å². The highest BCUT2D eigenvalue weighted by atomic mass is 32.1. The lowest BCUT2D eigenvalue weighted by molar-refractivity contribution is -0.128. The first-order chi connectivity index (χ1) is 13.8. The number of likely N-dealkylation sites (N-methyl/N-ethyl adjacent to an activating group) is 1. The van der Waals surface area contributed by atoms with Gasteiger partial charge in [-0.1, -0.05) is 18.2 Å². The number of nitrogens with zero attached hydrogens (tertiary/aromatic N) is 2. The Balaban J connectivity index is 1.90. The lowest BCUT2D eigenvalue weighted by atomic mass is 10.0. The largest absolute Gasteiger partial charge is 0.355 e. The van der Waals surface area contributed by atoms with Crippen LogP contribution >= 0.6 is 11.3 Å². The Labute approximate surface area is 172 Å². The molecule has 0 fully saturated rings. The van der Waals surface area contributed by atoms with Crippen LogP contribution in [0.25, 0.3) is 21.3 Å². The number of thiophene rings is 1. The number of hydrogen-bond donors (Lipinski definition) is 2. The topological polar surface area (TPSA) is 93.1 Å². The fourth-order valence-electron chi connectivity index (χ4n) is 3.04. The lowest BCUT2D eigenvalue weighted by Crippen LogP contribution is -2.46. The van der Waals surface area contributed by atoms with Crippen LogP contribution in [-0.2, 0) is 16.1 Å². The van der Waals surface area contributed by atoms with Gasteiger partial charge in [0, 0.05) is 17.5 Å². The van der Waals surface area contributed by atoms with Gasteiger partial charge in [-0.05, 0) is 44.4 Å². The molecule has 0 aliphatic rings. The van der Waals surface area contributed by atoms with Gasteiger partial charge in [0.1, 0.15) is 17.4 Å². The summed E-state index contributed by atoms with van der Waals surface area (Å²) in [4.78, 5) is 42.2. The Morgan fingerprint density at radius 3 is 2.69 bits per heavy atom. The Hall–Kier alpha value is -3.00. The molecule has 8 heteroatoms. The molecule has 1 atom stereocenters. The van der Waals surface area contributed by atoms with Crippen LogP contribution in [0.3, 0.4) is 0 Å². The minimum Gasteiger partial charge on any atom is -0.355 e. The summed E-state index contributed by atoms with van der Waals surface area (Å²) >= 11 is 1.40. The molecule has 0 bridgehead atoms. The number of carbonyl (C=O) groups excluding carboxylic acids is 2. The number of amides is 2. The molecule has 2 N–H and O–H groups in total. The van der Waals surface area contributed by atoms with Crippen molar-refractivity contribution in [1.29, 1.82) is 0 Å². The summed E-state index contributed by atoms with van der Waals surface area (Å²) < 4.78 is 1.28. The van der Waals surface area contributed by atoms with Crippen LogP contribution in [0.2, 0.25) is 0 Å². The zero-order chi connectivity index (χ0) is 21.1. The van der Waals surface area contributed by atoms with E-state index in [9.17, 15) is 14.4 Å². The standard InChI is InChI=1S/C21H24N4O3S/c1-5-22-19(27)14(4)24-17(26)9-25-11-23-20-18(21(25)28)16(10-29-20)15-7-6-12(2)13(3)8-15/h6-8,10-11,14H,5,9H2,1-4H3,(H,22,27)(H,24,26)/t14-/m1/s1. The third-order valence-corrected chi connectivity index (χ3v) is 5.70. The second-order valence-electron chi connectivity index (χ2n) is 6.99. The van der Waals surface area contributed by atoms with Crippen LogP contribution in [0.5, 0.6) is 0 Å². The normalized spacial score (nSPS) is 12.0. The van der Waals surface area contributed by atoms with Crippen molar-refractivity contribution in [3.05, 3.63) is 51.4 Å². The van der Waals surface area contributed by atoms with E-state index in [1.54, 1.807) is 13.8 Å². The molecule has 3 rings (SSSR count). The fraction of sp³-hybridized carbons (Fsp3) is 0.333. The predicted octanol–water partition coefficient (Wildman–Crippen LogP) is 2.38. The summed E-state index contributed by atoms with van der Waals surface area (Å²) in [5.74, 6) is -0.688. The van der Waals surface area contributed by atoms with Crippen molar-refractivity contribution in [2.45, 2.75) is 40.3 Å². The van der Waals surface area contributed by atoms with E-state index in [2.05, 4.69) is 15.6 Å². The van der Waals surface area contributed by atoms with Gasteiger partial charge in [-0.3, -0.25) is 19.0 Å². The van der Waals surface area contributed by atoms with E-state index in [4.69, 9.17) is 0 Å². The van der Waals surface area contributed by atoms with Crippen LogP contribution < -0.4 is 16.2 Å². The first-order valence-electron chi connectivity index (χ1n) is 9.43. The number of aryl methyl sites for hydroxylation is 2. The van der Waals surface area contributed by atoms with E-state index in [1.165, 1.54) is 27.8 Å². The van der Waals surface area contributed by atoms with E-state index >= 15 is 0 Å². The van der Waals surface area contributed by atoms with Gasteiger partial charge in [0.05, 0.1) is 11.7 Å². The van der Waals surface area contributed by atoms with Crippen molar-refractivity contribution in [3.63, 3.8) is 0 Å². The van der Waals surface area contributed by atoms with Gasteiger partial charge >= 0.3 is 0 Å². The van der Waals surface area contributed by atoms with Crippen LogP contribution in [0.4, 0.5) is 0 Å². The maximum atomic E-state index is 13.1. The Morgan fingerprint density at radius 2 is 2.00 bits per heavy atom. The Bertz CT molecular complexity index is 1130. The zero-order valence-electron chi connectivity index (χ0n) is 16.9. The number of hydrogen-bond acceptors (Lipinski definition) is 5. The highest BCUT2D eigenvalue weighted by Crippen LogP contribution is 2.31. The lowest BCUT2D eigenvalue weighted by Gasteiger charge is -2.14. The minimum absolute atomic E-state index is 0.201. The molecule has 0 unspecified atom stereocenters. The Morgan fingerprint density at radius 1 is 1.24 bits per heavy atom. The number of fused-ring (bicyclic) bond motifs is 1. The average molecular weight is 413 g/mol. The number of rotatable bonds is 6. The molecule has 1 aromatic carbocycles. The van der Waals surface area contributed by atoms with Gasteiger partial charge in [0.25, 0.3) is 5.56 Å². The molecule has 2 amide bonds. The maximum Gasteiger partial charge on any atom is 0.263 e. The highest BCUT2D eigenvalue weighted by Gasteiger charge is 2.18. The summed E-state index contributed by atoms with van der Waals surface area (Å²) in [6.45, 7) is 7.76. The van der Waals surface area contributed by atoms with Gasteiger partial charge in [0.2, 0.25) is 11.8 Å². The minimum atomic E-state index is -0.679. The molecule has 0 radical (unpaired) electrons.